The minimum atomic E-state index is -0.344. The first-order valence-corrected chi connectivity index (χ1v) is 10.7. The monoisotopic (exact) mass is 439 g/mol. The second kappa shape index (κ2) is 7.95. The lowest BCUT2D eigenvalue weighted by Gasteiger charge is -2.26. The summed E-state index contributed by atoms with van der Waals surface area (Å²) in [6.45, 7) is 1.67. The summed E-state index contributed by atoms with van der Waals surface area (Å²) < 4.78 is 0. The van der Waals surface area contributed by atoms with Crippen LogP contribution in [0.3, 0.4) is 0 Å². The van der Waals surface area contributed by atoms with Crippen molar-refractivity contribution in [2.45, 2.75) is 25.7 Å². The van der Waals surface area contributed by atoms with Crippen molar-refractivity contribution in [3.63, 3.8) is 0 Å². The standard InChI is InChI=1S/C22H19Cl2N5O/c23-15-4-6-17-13(11-15)10-14-12-16(24)5-7-18(14)20-19(17)25-21(27-26-20)22(30)28-29-8-2-1-3-9-29/h4-7,11-12H,1-3,8-10H2,(H,28,30). The number of benzene rings is 2. The number of piperidine rings is 1. The van der Waals surface area contributed by atoms with Crippen molar-refractivity contribution in [3.05, 3.63) is 63.4 Å². The number of nitrogens with one attached hydrogen (secondary N) is 1. The summed E-state index contributed by atoms with van der Waals surface area (Å²) in [5.41, 5.74) is 8.00. The Morgan fingerprint density at radius 1 is 0.867 bits per heavy atom. The van der Waals surface area contributed by atoms with Gasteiger partial charge in [-0.25, -0.2) is 9.99 Å². The van der Waals surface area contributed by atoms with Crippen LogP contribution in [0.1, 0.15) is 41.0 Å². The van der Waals surface area contributed by atoms with Crippen molar-refractivity contribution < 1.29 is 4.79 Å². The first kappa shape index (κ1) is 19.4. The molecule has 8 heteroatoms. The average molecular weight is 440 g/mol. The SMILES string of the molecule is O=C(NN1CCCCC1)c1nnc2c(n1)-c1ccc(Cl)cc1Cc1cc(Cl)ccc1-2. The van der Waals surface area contributed by atoms with Gasteiger partial charge in [0, 0.05) is 34.3 Å². The Kier molecular flexibility index (Phi) is 5.15. The Morgan fingerprint density at radius 3 is 2.17 bits per heavy atom. The van der Waals surface area contributed by atoms with E-state index >= 15 is 0 Å². The number of nitrogens with zero attached hydrogens (tertiary/aromatic N) is 4. The van der Waals surface area contributed by atoms with E-state index in [0.717, 1.165) is 48.2 Å². The zero-order chi connectivity index (χ0) is 20.7. The van der Waals surface area contributed by atoms with Gasteiger partial charge >= 0.3 is 5.91 Å². The van der Waals surface area contributed by atoms with Crippen LogP contribution in [-0.4, -0.2) is 39.2 Å². The van der Waals surface area contributed by atoms with Crippen molar-refractivity contribution in [1.82, 2.24) is 25.6 Å². The zero-order valence-electron chi connectivity index (χ0n) is 16.2. The van der Waals surface area contributed by atoms with Gasteiger partial charge in [-0.05, 0) is 54.7 Å². The number of hydrogen-bond donors (Lipinski definition) is 1. The third kappa shape index (κ3) is 3.67. The Bertz CT molecular complexity index is 1140. The predicted molar refractivity (Wildman–Crippen MR) is 116 cm³/mol. The number of hydrogen-bond acceptors (Lipinski definition) is 5. The molecule has 5 rings (SSSR count). The molecule has 1 aliphatic heterocycles. The van der Waals surface area contributed by atoms with Crippen LogP contribution >= 0.6 is 23.2 Å². The molecule has 1 aliphatic carbocycles. The predicted octanol–water partition coefficient (Wildman–Crippen LogP) is 4.55. The average Bonchev–Trinajstić information content (AvgIpc) is 2.87. The molecule has 1 N–H and O–H groups in total. The van der Waals surface area contributed by atoms with E-state index < -0.39 is 0 Å². The van der Waals surface area contributed by atoms with Gasteiger partial charge in [0.2, 0.25) is 5.82 Å². The number of amides is 1. The van der Waals surface area contributed by atoms with E-state index in [1.54, 1.807) is 0 Å². The summed E-state index contributed by atoms with van der Waals surface area (Å²) in [5.74, 6) is -0.291. The lowest BCUT2D eigenvalue weighted by Crippen LogP contribution is -2.45. The van der Waals surface area contributed by atoms with E-state index in [1.165, 1.54) is 6.42 Å². The topological polar surface area (TPSA) is 71.0 Å². The largest absolute Gasteiger partial charge is 0.305 e. The van der Waals surface area contributed by atoms with Gasteiger partial charge in [-0.1, -0.05) is 41.8 Å². The van der Waals surface area contributed by atoms with Crippen molar-refractivity contribution in [3.8, 4) is 22.5 Å². The van der Waals surface area contributed by atoms with Crippen molar-refractivity contribution in [2.24, 2.45) is 0 Å². The maximum Gasteiger partial charge on any atom is 0.305 e. The molecule has 0 bridgehead atoms. The smallest absolute Gasteiger partial charge is 0.282 e. The zero-order valence-corrected chi connectivity index (χ0v) is 17.7. The van der Waals surface area contributed by atoms with Crippen molar-refractivity contribution in [1.29, 1.82) is 0 Å². The lowest BCUT2D eigenvalue weighted by atomic mass is 10.00. The molecule has 2 aromatic carbocycles. The summed E-state index contributed by atoms with van der Waals surface area (Å²) in [7, 11) is 0. The fourth-order valence-corrected chi connectivity index (χ4v) is 4.46. The third-order valence-corrected chi connectivity index (χ3v) is 6.00. The lowest BCUT2D eigenvalue weighted by molar-refractivity contribution is 0.0738. The Labute approximate surface area is 184 Å². The number of carbonyl (C=O) groups excluding carboxylic acids is 1. The molecule has 3 aromatic rings. The number of hydrazine groups is 1. The summed E-state index contributed by atoms with van der Waals surface area (Å²) in [6, 6.07) is 11.3. The van der Waals surface area contributed by atoms with E-state index in [4.69, 9.17) is 23.2 Å². The molecule has 0 saturated carbocycles. The fourth-order valence-electron chi connectivity index (χ4n) is 4.07. The first-order valence-electron chi connectivity index (χ1n) is 9.97. The Balaban J connectivity index is 1.60. The Morgan fingerprint density at radius 2 is 1.50 bits per heavy atom. The van der Waals surface area contributed by atoms with Crippen LogP contribution in [0.15, 0.2) is 36.4 Å². The van der Waals surface area contributed by atoms with Crippen LogP contribution in [0.4, 0.5) is 0 Å². The molecular formula is C22H19Cl2N5O. The molecule has 0 radical (unpaired) electrons. The first-order chi connectivity index (χ1) is 14.6. The van der Waals surface area contributed by atoms with Crippen LogP contribution in [0.5, 0.6) is 0 Å². The summed E-state index contributed by atoms with van der Waals surface area (Å²) >= 11 is 12.5. The van der Waals surface area contributed by atoms with Gasteiger partial charge < -0.3 is 0 Å². The van der Waals surface area contributed by atoms with Gasteiger partial charge in [-0.3, -0.25) is 10.2 Å². The summed E-state index contributed by atoms with van der Waals surface area (Å²) in [4.78, 5) is 17.4. The highest BCUT2D eigenvalue weighted by Crippen LogP contribution is 2.39. The number of fused-ring (bicyclic) bond motifs is 5. The van der Waals surface area contributed by atoms with Gasteiger partial charge in [0.25, 0.3) is 0 Å². The molecule has 6 nitrogen and oxygen atoms in total. The van der Waals surface area contributed by atoms with E-state index in [1.807, 2.05) is 41.4 Å². The number of halogens is 2. The van der Waals surface area contributed by atoms with Gasteiger partial charge in [0.05, 0.1) is 0 Å². The molecule has 0 spiro atoms. The van der Waals surface area contributed by atoms with Crippen molar-refractivity contribution >= 4 is 29.1 Å². The molecule has 2 aliphatic rings. The highest BCUT2D eigenvalue weighted by Gasteiger charge is 2.25. The maximum absolute atomic E-state index is 12.8. The van der Waals surface area contributed by atoms with E-state index in [0.29, 0.717) is 27.9 Å². The highest BCUT2D eigenvalue weighted by molar-refractivity contribution is 6.31. The van der Waals surface area contributed by atoms with Gasteiger partial charge in [-0.15, -0.1) is 10.2 Å². The normalized spacial score (nSPS) is 15.5. The van der Waals surface area contributed by atoms with E-state index in [-0.39, 0.29) is 11.7 Å². The van der Waals surface area contributed by atoms with Crippen LogP contribution in [0.25, 0.3) is 22.5 Å². The number of rotatable bonds is 2. The van der Waals surface area contributed by atoms with Crippen molar-refractivity contribution in [2.75, 3.05) is 13.1 Å². The molecular weight excluding hydrogens is 421 g/mol. The molecule has 30 heavy (non-hydrogen) atoms. The number of carbonyl (C=O) groups is 1. The molecule has 152 valence electrons. The highest BCUT2D eigenvalue weighted by atomic mass is 35.5. The summed E-state index contributed by atoms with van der Waals surface area (Å²) in [6.07, 6.45) is 3.96. The van der Waals surface area contributed by atoms with E-state index in [9.17, 15) is 4.79 Å². The second-order valence-electron chi connectivity index (χ2n) is 7.60. The van der Waals surface area contributed by atoms with Crippen LogP contribution in [0, 0.1) is 0 Å². The second-order valence-corrected chi connectivity index (χ2v) is 8.47. The molecule has 1 amide bonds. The summed E-state index contributed by atoms with van der Waals surface area (Å²) in [5, 5.41) is 11.8. The molecule has 0 atom stereocenters. The number of aromatic nitrogens is 3. The molecule has 1 aromatic heterocycles. The fraction of sp³-hybridized carbons (Fsp3) is 0.273. The van der Waals surface area contributed by atoms with Crippen LogP contribution < -0.4 is 5.43 Å². The maximum atomic E-state index is 12.8. The quantitative estimate of drug-likeness (QED) is 0.495. The third-order valence-electron chi connectivity index (χ3n) is 5.53. The Hall–Kier alpha value is -2.54. The van der Waals surface area contributed by atoms with Gasteiger partial charge in [0.1, 0.15) is 11.4 Å². The minimum Gasteiger partial charge on any atom is -0.282 e. The molecule has 1 fully saturated rings. The van der Waals surface area contributed by atoms with Gasteiger partial charge in [-0.2, -0.15) is 0 Å². The molecule has 1 saturated heterocycles. The van der Waals surface area contributed by atoms with E-state index in [2.05, 4.69) is 20.6 Å². The van der Waals surface area contributed by atoms with Crippen LogP contribution in [-0.2, 0) is 6.42 Å². The van der Waals surface area contributed by atoms with Gasteiger partial charge in [0.15, 0.2) is 0 Å². The molecule has 2 heterocycles. The minimum absolute atomic E-state index is 0.0534. The van der Waals surface area contributed by atoms with Crippen LogP contribution in [0.2, 0.25) is 10.0 Å². The molecule has 0 unspecified atom stereocenters.